The van der Waals surface area contributed by atoms with Gasteiger partial charge in [-0.2, -0.15) is 17.9 Å². The van der Waals surface area contributed by atoms with Crippen LogP contribution in [-0.2, 0) is 10.3 Å². The van der Waals surface area contributed by atoms with Crippen LogP contribution in [0.5, 0.6) is 0 Å². The molecule has 9 heteroatoms. The molecule has 2 heterocycles. The van der Waals surface area contributed by atoms with Crippen LogP contribution in [0.25, 0.3) is 28.3 Å². The second-order valence-corrected chi connectivity index (χ2v) is 7.02. The van der Waals surface area contributed by atoms with Gasteiger partial charge in [-0.3, -0.25) is 9.27 Å². The highest BCUT2D eigenvalue weighted by molar-refractivity contribution is 7.87. The van der Waals surface area contributed by atoms with Crippen LogP contribution in [0, 0.1) is 6.92 Å². The van der Waals surface area contributed by atoms with Crippen LogP contribution in [0.15, 0.2) is 60.7 Å². The van der Waals surface area contributed by atoms with Gasteiger partial charge < -0.3 is 0 Å². The second kappa shape index (κ2) is 6.45. The predicted octanol–water partition coefficient (Wildman–Crippen LogP) is 2.98. The number of anilines is 1. The molecule has 0 saturated carbocycles. The van der Waals surface area contributed by atoms with Crippen molar-refractivity contribution in [2.75, 3.05) is 4.72 Å². The maximum absolute atomic E-state index is 11.7. The van der Waals surface area contributed by atoms with Crippen LogP contribution >= 0.6 is 0 Å². The van der Waals surface area contributed by atoms with Crippen LogP contribution in [0.3, 0.4) is 0 Å². The Morgan fingerprint density at radius 3 is 2.11 bits per heavy atom. The number of benzene rings is 2. The zero-order chi connectivity index (χ0) is 19.0. The van der Waals surface area contributed by atoms with Crippen molar-refractivity contribution in [2.24, 2.45) is 0 Å². The summed E-state index contributed by atoms with van der Waals surface area (Å²) < 4.78 is 36.5. The lowest BCUT2D eigenvalue weighted by Gasteiger charge is -2.16. The molecule has 27 heavy (non-hydrogen) atoms. The van der Waals surface area contributed by atoms with Crippen molar-refractivity contribution in [1.29, 1.82) is 0 Å². The van der Waals surface area contributed by atoms with Crippen molar-refractivity contribution < 1.29 is 13.0 Å². The Kier molecular flexibility index (Phi) is 4.09. The number of aromatic nitrogens is 4. The summed E-state index contributed by atoms with van der Waals surface area (Å²) in [4.78, 5) is 8.81. The number of fused-ring (bicyclic) bond motifs is 1. The molecule has 0 radical (unpaired) electrons. The highest BCUT2D eigenvalue weighted by Crippen LogP contribution is 2.36. The Morgan fingerprint density at radius 2 is 1.52 bits per heavy atom. The molecular formula is C18H15N5O3S. The van der Waals surface area contributed by atoms with Crippen LogP contribution in [0.1, 0.15) is 5.82 Å². The van der Waals surface area contributed by atoms with Gasteiger partial charge in [0, 0.05) is 11.1 Å². The van der Waals surface area contributed by atoms with Gasteiger partial charge in [0.15, 0.2) is 0 Å². The lowest BCUT2D eigenvalue weighted by Crippen LogP contribution is -2.15. The molecule has 0 bridgehead atoms. The van der Waals surface area contributed by atoms with E-state index in [9.17, 15) is 13.0 Å². The fourth-order valence-electron chi connectivity index (χ4n) is 2.89. The first-order chi connectivity index (χ1) is 12.9. The van der Waals surface area contributed by atoms with Gasteiger partial charge in [0.1, 0.15) is 22.9 Å². The summed E-state index contributed by atoms with van der Waals surface area (Å²) in [6.07, 6.45) is 0. The minimum atomic E-state index is -4.55. The Labute approximate surface area is 155 Å². The van der Waals surface area contributed by atoms with E-state index in [4.69, 9.17) is 0 Å². The molecule has 136 valence electrons. The van der Waals surface area contributed by atoms with Gasteiger partial charge in [0.2, 0.25) is 0 Å². The van der Waals surface area contributed by atoms with Crippen molar-refractivity contribution in [1.82, 2.24) is 19.6 Å². The third-order valence-electron chi connectivity index (χ3n) is 3.92. The van der Waals surface area contributed by atoms with Gasteiger partial charge >= 0.3 is 10.3 Å². The molecule has 2 aromatic heterocycles. The molecule has 0 spiro atoms. The molecule has 2 N–H and O–H groups in total. The Balaban J connectivity index is 2.15. The average Bonchev–Trinajstić information content (AvgIpc) is 3.01. The molecule has 2 aromatic carbocycles. The van der Waals surface area contributed by atoms with Crippen molar-refractivity contribution in [2.45, 2.75) is 6.92 Å². The monoisotopic (exact) mass is 381 g/mol. The van der Waals surface area contributed by atoms with E-state index >= 15 is 0 Å². The predicted molar refractivity (Wildman–Crippen MR) is 102 cm³/mol. The molecule has 4 rings (SSSR count). The number of aryl methyl sites for hydroxylation is 1. The van der Waals surface area contributed by atoms with E-state index in [-0.39, 0.29) is 5.69 Å². The third-order valence-corrected chi connectivity index (χ3v) is 4.38. The lowest BCUT2D eigenvalue weighted by atomic mass is 10.1. The van der Waals surface area contributed by atoms with Crippen molar-refractivity contribution in [3.63, 3.8) is 0 Å². The molecule has 8 nitrogen and oxygen atoms in total. The van der Waals surface area contributed by atoms with E-state index in [1.807, 2.05) is 48.5 Å². The first-order valence-corrected chi connectivity index (χ1v) is 9.50. The molecular weight excluding hydrogens is 366 g/mol. The van der Waals surface area contributed by atoms with E-state index in [0.29, 0.717) is 34.1 Å². The summed E-state index contributed by atoms with van der Waals surface area (Å²) in [5.41, 5.74) is 2.25. The molecule has 0 saturated heterocycles. The van der Waals surface area contributed by atoms with Gasteiger partial charge in [-0.25, -0.2) is 4.98 Å². The van der Waals surface area contributed by atoms with E-state index in [0.717, 1.165) is 0 Å². The van der Waals surface area contributed by atoms with Gasteiger partial charge in [0.25, 0.3) is 5.78 Å². The second-order valence-electron chi connectivity index (χ2n) is 5.86. The molecule has 4 aromatic rings. The van der Waals surface area contributed by atoms with Gasteiger partial charge in [-0.05, 0) is 6.92 Å². The van der Waals surface area contributed by atoms with E-state index in [2.05, 4.69) is 19.8 Å². The van der Waals surface area contributed by atoms with Crippen LogP contribution in [-0.4, -0.2) is 32.6 Å². The highest BCUT2D eigenvalue weighted by atomic mass is 32.2. The molecule has 0 fully saturated rings. The fraction of sp³-hybridized carbons (Fsp3) is 0.0556. The van der Waals surface area contributed by atoms with Crippen molar-refractivity contribution in [3.05, 3.63) is 66.5 Å². The SMILES string of the molecule is Cc1nc2nc(-c3ccccc3)c(NS(=O)(=O)O)c(-c3ccccc3)n2n1. The smallest absolute Gasteiger partial charge is 0.269 e. The molecule has 0 atom stereocenters. The minimum Gasteiger partial charge on any atom is -0.269 e. The number of nitrogens with one attached hydrogen (secondary N) is 1. The summed E-state index contributed by atoms with van der Waals surface area (Å²) in [5.74, 6) is 0.814. The first kappa shape index (κ1) is 17.1. The summed E-state index contributed by atoms with van der Waals surface area (Å²) in [6.45, 7) is 1.72. The quantitative estimate of drug-likeness (QED) is 0.526. The average molecular weight is 381 g/mol. The molecule has 0 aliphatic carbocycles. The first-order valence-electron chi connectivity index (χ1n) is 8.06. The number of hydrogen-bond acceptors (Lipinski definition) is 5. The normalized spacial score (nSPS) is 11.6. The largest absolute Gasteiger partial charge is 0.357 e. The van der Waals surface area contributed by atoms with Gasteiger partial charge in [0.05, 0.1) is 0 Å². The van der Waals surface area contributed by atoms with E-state index < -0.39 is 10.3 Å². The fourth-order valence-corrected chi connectivity index (χ4v) is 3.34. The third kappa shape index (κ3) is 3.37. The minimum absolute atomic E-state index is 0.118. The zero-order valence-corrected chi connectivity index (χ0v) is 15.1. The van der Waals surface area contributed by atoms with Gasteiger partial charge in [-0.1, -0.05) is 60.7 Å². The topological polar surface area (TPSA) is 109 Å². The van der Waals surface area contributed by atoms with Crippen molar-refractivity contribution >= 4 is 21.8 Å². The summed E-state index contributed by atoms with van der Waals surface area (Å²) in [5, 5.41) is 4.34. The molecule has 0 aliphatic heterocycles. The van der Waals surface area contributed by atoms with Crippen LogP contribution in [0.4, 0.5) is 5.69 Å². The number of rotatable bonds is 4. The standard InChI is InChI=1S/C18H15N5O3S/c1-12-19-18-20-15(13-8-4-2-5-9-13)16(22-27(24,25)26)17(23(18)21-12)14-10-6-3-7-11-14/h2-11,22H,1H3,(H,24,25,26). The zero-order valence-electron chi connectivity index (χ0n) is 14.2. The van der Waals surface area contributed by atoms with Crippen LogP contribution < -0.4 is 4.72 Å². The Morgan fingerprint density at radius 1 is 0.926 bits per heavy atom. The Bertz CT molecular complexity index is 1220. The van der Waals surface area contributed by atoms with Crippen molar-refractivity contribution in [3.8, 4) is 22.5 Å². The van der Waals surface area contributed by atoms with E-state index in [1.54, 1.807) is 19.1 Å². The molecule has 0 amide bonds. The van der Waals surface area contributed by atoms with Gasteiger partial charge in [-0.15, -0.1) is 5.10 Å². The number of hydrogen-bond donors (Lipinski definition) is 2. The lowest BCUT2D eigenvalue weighted by molar-refractivity contribution is 0.489. The summed E-state index contributed by atoms with van der Waals surface area (Å²) in [6, 6.07) is 18.2. The molecule has 0 aliphatic rings. The summed E-state index contributed by atoms with van der Waals surface area (Å²) in [7, 11) is -4.55. The molecule has 0 unspecified atom stereocenters. The number of nitrogens with zero attached hydrogens (tertiary/aromatic N) is 4. The maximum Gasteiger partial charge on any atom is 0.357 e. The highest BCUT2D eigenvalue weighted by Gasteiger charge is 2.23. The van der Waals surface area contributed by atoms with E-state index in [1.165, 1.54) is 4.52 Å². The maximum atomic E-state index is 11.7. The summed E-state index contributed by atoms with van der Waals surface area (Å²) >= 11 is 0. The van der Waals surface area contributed by atoms with Crippen LogP contribution in [0.2, 0.25) is 0 Å². The Hall–Kier alpha value is -3.30.